The molecule has 1 radical (unpaired) electrons. The third kappa shape index (κ3) is 1.38. The van der Waals surface area contributed by atoms with E-state index in [0.29, 0.717) is 5.88 Å². The lowest BCUT2D eigenvalue weighted by Crippen LogP contribution is -1.90. The average molecular weight is 123 g/mol. The Bertz CT molecular complexity index is 200. The lowest BCUT2D eigenvalue weighted by molar-refractivity contribution is 0.393. The summed E-state index contributed by atoms with van der Waals surface area (Å²) in [6, 6.07) is 0. The molecule has 0 aliphatic rings. The fourth-order valence-electron chi connectivity index (χ4n) is 0.486. The normalized spacial score (nSPS) is 9.11. The van der Waals surface area contributed by atoms with Gasteiger partial charge in [0.05, 0.1) is 12.8 Å². The molecular formula is C6H7N2O. The summed E-state index contributed by atoms with van der Waals surface area (Å²) in [6.45, 7) is 1.85. The van der Waals surface area contributed by atoms with Gasteiger partial charge in [0.25, 0.3) is 0 Å². The first-order valence-corrected chi connectivity index (χ1v) is 2.58. The number of ether oxygens (including phenoxy) is 1. The van der Waals surface area contributed by atoms with E-state index < -0.39 is 0 Å². The summed E-state index contributed by atoms with van der Waals surface area (Å²) in [6.07, 6.45) is 4.20. The van der Waals surface area contributed by atoms with Crippen LogP contribution < -0.4 is 4.74 Å². The number of methoxy groups -OCH3 is 1. The Morgan fingerprint density at radius 1 is 1.67 bits per heavy atom. The maximum absolute atomic E-state index is 4.77. The van der Waals surface area contributed by atoms with Gasteiger partial charge >= 0.3 is 0 Å². The number of aryl methyl sites for hydroxylation is 1. The average Bonchev–Trinajstić information content (AvgIpc) is 1.88. The molecule has 0 N–H and O–H groups in total. The zero-order valence-corrected chi connectivity index (χ0v) is 5.38. The third-order valence-corrected chi connectivity index (χ3v) is 0.883. The van der Waals surface area contributed by atoms with Crippen LogP contribution in [0.15, 0.2) is 6.20 Å². The van der Waals surface area contributed by atoms with Gasteiger partial charge in [-0.25, -0.2) is 9.97 Å². The van der Waals surface area contributed by atoms with Gasteiger partial charge in [0.2, 0.25) is 5.88 Å². The Balaban J connectivity index is 2.94. The van der Waals surface area contributed by atoms with E-state index in [1.54, 1.807) is 13.3 Å². The van der Waals surface area contributed by atoms with Gasteiger partial charge in [-0.3, -0.25) is 0 Å². The number of aromatic nitrogens is 2. The van der Waals surface area contributed by atoms with E-state index in [1.807, 2.05) is 6.92 Å². The second kappa shape index (κ2) is 2.44. The van der Waals surface area contributed by atoms with E-state index in [4.69, 9.17) is 4.74 Å². The molecule has 0 unspecified atom stereocenters. The van der Waals surface area contributed by atoms with Gasteiger partial charge in [-0.15, -0.1) is 0 Å². The van der Waals surface area contributed by atoms with Gasteiger partial charge in [0.1, 0.15) is 0 Å². The van der Waals surface area contributed by atoms with Crippen molar-refractivity contribution in [1.82, 2.24) is 9.97 Å². The Morgan fingerprint density at radius 2 is 2.44 bits per heavy atom. The Hall–Kier alpha value is -1.12. The molecule has 0 saturated heterocycles. The molecule has 0 bridgehead atoms. The molecule has 0 aliphatic carbocycles. The summed E-state index contributed by atoms with van der Waals surface area (Å²) in [4.78, 5) is 7.69. The molecule has 9 heavy (non-hydrogen) atoms. The lowest BCUT2D eigenvalue weighted by atomic mass is 10.5. The molecule has 0 fully saturated rings. The Morgan fingerprint density at radius 3 is 2.89 bits per heavy atom. The number of hydrogen-bond donors (Lipinski definition) is 0. The molecular weight excluding hydrogens is 116 g/mol. The van der Waals surface area contributed by atoms with Crippen LogP contribution in [-0.2, 0) is 0 Å². The highest BCUT2D eigenvalue weighted by molar-refractivity contribution is 5.04. The van der Waals surface area contributed by atoms with Gasteiger partial charge in [0, 0.05) is 6.20 Å². The maximum Gasteiger partial charge on any atom is 0.242 e. The Kier molecular flexibility index (Phi) is 1.63. The Labute approximate surface area is 53.7 Å². The molecule has 0 aromatic carbocycles. The molecule has 1 rings (SSSR count). The fraction of sp³-hybridized carbons (Fsp3) is 0.333. The number of hydrogen-bond acceptors (Lipinski definition) is 3. The maximum atomic E-state index is 4.77. The van der Waals surface area contributed by atoms with Crippen LogP contribution in [0.5, 0.6) is 5.88 Å². The van der Waals surface area contributed by atoms with Crippen LogP contribution in [0.2, 0.25) is 0 Å². The first kappa shape index (κ1) is 6.01. The fourth-order valence-corrected chi connectivity index (χ4v) is 0.486. The molecule has 3 heteroatoms. The quantitative estimate of drug-likeness (QED) is 0.548. The molecule has 47 valence electrons. The number of nitrogens with zero attached hydrogens (tertiary/aromatic N) is 2. The zero-order chi connectivity index (χ0) is 6.69. The molecule has 1 heterocycles. The van der Waals surface area contributed by atoms with Crippen molar-refractivity contribution >= 4 is 0 Å². The van der Waals surface area contributed by atoms with Crippen molar-refractivity contribution in [2.24, 2.45) is 0 Å². The topological polar surface area (TPSA) is 35.0 Å². The van der Waals surface area contributed by atoms with E-state index >= 15 is 0 Å². The van der Waals surface area contributed by atoms with Gasteiger partial charge < -0.3 is 4.74 Å². The summed E-state index contributed by atoms with van der Waals surface area (Å²) in [5.74, 6) is 0.440. The summed E-state index contributed by atoms with van der Waals surface area (Å²) in [7, 11) is 1.54. The highest BCUT2D eigenvalue weighted by Gasteiger charge is 1.90. The zero-order valence-electron chi connectivity index (χ0n) is 5.38. The van der Waals surface area contributed by atoms with Crippen molar-refractivity contribution in [3.63, 3.8) is 0 Å². The molecule has 0 aliphatic heterocycles. The van der Waals surface area contributed by atoms with Gasteiger partial charge in [-0.2, -0.15) is 0 Å². The summed E-state index contributed by atoms with van der Waals surface area (Å²) in [5, 5.41) is 0. The van der Waals surface area contributed by atoms with Crippen LogP contribution in [0.1, 0.15) is 5.69 Å². The molecule has 0 amide bonds. The number of rotatable bonds is 1. The van der Waals surface area contributed by atoms with Gasteiger partial charge in [-0.05, 0) is 6.92 Å². The molecule has 3 nitrogen and oxygen atoms in total. The van der Waals surface area contributed by atoms with Crippen molar-refractivity contribution in [3.05, 3.63) is 18.1 Å². The van der Waals surface area contributed by atoms with Crippen molar-refractivity contribution in [2.75, 3.05) is 7.11 Å². The first-order chi connectivity index (χ1) is 4.33. The molecule has 0 spiro atoms. The van der Waals surface area contributed by atoms with E-state index in [-0.39, 0.29) is 0 Å². The summed E-state index contributed by atoms with van der Waals surface area (Å²) in [5.41, 5.74) is 0.839. The second-order valence-electron chi connectivity index (χ2n) is 1.63. The van der Waals surface area contributed by atoms with Crippen LogP contribution in [0, 0.1) is 13.1 Å². The van der Waals surface area contributed by atoms with E-state index in [9.17, 15) is 0 Å². The van der Waals surface area contributed by atoms with Crippen molar-refractivity contribution in [1.29, 1.82) is 0 Å². The second-order valence-corrected chi connectivity index (χ2v) is 1.63. The predicted molar refractivity (Wildman–Crippen MR) is 32.2 cm³/mol. The van der Waals surface area contributed by atoms with Crippen molar-refractivity contribution < 1.29 is 4.74 Å². The smallest absolute Gasteiger partial charge is 0.242 e. The summed E-state index contributed by atoms with van der Waals surface area (Å²) < 4.78 is 4.77. The highest BCUT2D eigenvalue weighted by Crippen LogP contribution is 2.00. The van der Waals surface area contributed by atoms with Crippen LogP contribution in [0.3, 0.4) is 0 Å². The molecule has 1 aromatic rings. The van der Waals surface area contributed by atoms with E-state index in [1.165, 1.54) is 0 Å². The largest absolute Gasteiger partial charge is 0.479 e. The molecule has 1 aromatic heterocycles. The summed E-state index contributed by atoms with van der Waals surface area (Å²) >= 11 is 0. The molecule has 0 atom stereocenters. The van der Waals surface area contributed by atoms with Crippen LogP contribution >= 0.6 is 0 Å². The third-order valence-electron chi connectivity index (χ3n) is 0.883. The van der Waals surface area contributed by atoms with Gasteiger partial charge in [0.15, 0.2) is 6.20 Å². The van der Waals surface area contributed by atoms with Crippen molar-refractivity contribution in [3.8, 4) is 5.88 Å². The monoisotopic (exact) mass is 123 g/mol. The minimum Gasteiger partial charge on any atom is -0.479 e. The molecule has 0 saturated carbocycles. The minimum absolute atomic E-state index is 0.440. The SMILES string of the molecule is COc1[c]ncc(C)n1. The van der Waals surface area contributed by atoms with Crippen LogP contribution in [0.4, 0.5) is 0 Å². The standard InChI is InChI=1S/C6H7N2O/c1-5-3-7-4-6(8-5)9-2/h3H,1-2H3. The van der Waals surface area contributed by atoms with Crippen molar-refractivity contribution in [2.45, 2.75) is 6.92 Å². The van der Waals surface area contributed by atoms with E-state index in [0.717, 1.165) is 5.69 Å². The van der Waals surface area contributed by atoms with Crippen LogP contribution in [0.25, 0.3) is 0 Å². The minimum atomic E-state index is 0.440. The lowest BCUT2D eigenvalue weighted by Gasteiger charge is -1.94. The highest BCUT2D eigenvalue weighted by atomic mass is 16.5. The van der Waals surface area contributed by atoms with Crippen LogP contribution in [-0.4, -0.2) is 17.1 Å². The van der Waals surface area contributed by atoms with Gasteiger partial charge in [-0.1, -0.05) is 0 Å². The van der Waals surface area contributed by atoms with E-state index in [2.05, 4.69) is 16.2 Å². The predicted octanol–water partition coefficient (Wildman–Crippen LogP) is 0.594. The first-order valence-electron chi connectivity index (χ1n) is 2.58.